The van der Waals surface area contributed by atoms with Crippen molar-refractivity contribution in [3.8, 4) is 22.6 Å². The van der Waals surface area contributed by atoms with Crippen molar-refractivity contribution in [2.24, 2.45) is 5.92 Å². The molecule has 5 atom stereocenters. The van der Waals surface area contributed by atoms with Crippen molar-refractivity contribution in [3.63, 3.8) is 0 Å². The van der Waals surface area contributed by atoms with Gasteiger partial charge in [-0.15, -0.1) is 0 Å². The molecule has 0 amide bonds. The lowest BCUT2D eigenvalue weighted by atomic mass is 9.80. The quantitative estimate of drug-likeness (QED) is 0.164. The van der Waals surface area contributed by atoms with E-state index < -0.39 is 0 Å². The number of fused-ring (bicyclic) bond motifs is 9. The normalized spacial score (nSPS) is 23.1. The molecule has 57 heavy (non-hydrogen) atoms. The lowest BCUT2D eigenvalue weighted by Gasteiger charge is -2.43. The van der Waals surface area contributed by atoms with Crippen LogP contribution in [0.4, 0.5) is 0 Å². The third-order valence-corrected chi connectivity index (χ3v) is 12.8. The largest absolute Gasteiger partial charge is 0.461 e. The molecule has 1 saturated heterocycles. The highest BCUT2D eigenvalue weighted by Gasteiger charge is 2.41. The Balaban J connectivity index is 0.936. The molecule has 0 radical (unpaired) electrons. The van der Waals surface area contributed by atoms with Crippen LogP contribution in [-0.2, 0) is 0 Å². The van der Waals surface area contributed by atoms with Gasteiger partial charge in [-0.05, 0) is 78.8 Å². The molecule has 0 spiro atoms. The first-order valence-corrected chi connectivity index (χ1v) is 20.4. The van der Waals surface area contributed by atoms with Crippen molar-refractivity contribution in [2.75, 3.05) is 0 Å². The zero-order valence-corrected chi connectivity index (χ0v) is 31.5. The highest BCUT2D eigenvalue weighted by atomic mass is 16.5. The lowest BCUT2D eigenvalue weighted by molar-refractivity contribution is 0.179. The summed E-state index contributed by atoms with van der Waals surface area (Å²) in [4.78, 5) is 0. The maximum absolute atomic E-state index is 6.96. The number of para-hydroxylation sites is 3. The van der Waals surface area contributed by atoms with Crippen molar-refractivity contribution in [3.05, 3.63) is 180 Å². The van der Waals surface area contributed by atoms with Crippen LogP contribution in [0.5, 0.6) is 5.75 Å². The minimum atomic E-state index is -0.0197. The van der Waals surface area contributed by atoms with E-state index in [0.29, 0.717) is 5.92 Å². The molecule has 3 N–H and O–H groups in total. The molecular weight excluding hydrogens is 701 g/mol. The maximum Gasteiger partial charge on any atom is 0.159 e. The average molecular weight is 743 g/mol. The fourth-order valence-corrected chi connectivity index (χ4v) is 10.1. The SMILES string of the molecule is C1=CCC(C2NC(C3=C4Oc5cccc(-c6ccc7oc8c(-n9c%10ccccc%10c%10ccccc%109)cccc8c7c6)c5C4CCC3)NC(c3ccccc3)N2)C=C1. The number of nitrogens with one attached hydrogen (secondary N) is 3. The summed E-state index contributed by atoms with van der Waals surface area (Å²) >= 11 is 0. The molecule has 2 aromatic heterocycles. The van der Waals surface area contributed by atoms with Crippen molar-refractivity contribution < 1.29 is 9.15 Å². The third-order valence-electron chi connectivity index (χ3n) is 12.8. The van der Waals surface area contributed by atoms with Crippen molar-refractivity contribution >= 4 is 43.7 Å². The number of hydrogen-bond acceptors (Lipinski definition) is 5. The van der Waals surface area contributed by atoms with E-state index in [1.54, 1.807) is 0 Å². The van der Waals surface area contributed by atoms with Gasteiger partial charge < -0.3 is 13.7 Å². The van der Waals surface area contributed by atoms with Gasteiger partial charge in [-0.25, -0.2) is 0 Å². The molecule has 0 bridgehead atoms. The summed E-state index contributed by atoms with van der Waals surface area (Å²) in [6.45, 7) is 0. The number of benzene rings is 6. The number of hydrogen-bond donors (Lipinski definition) is 3. The summed E-state index contributed by atoms with van der Waals surface area (Å²) in [6.07, 6.45) is 13.2. The summed E-state index contributed by atoms with van der Waals surface area (Å²) in [6, 6.07) is 47.9. The Kier molecular flexibility index (Phi) is 7.65. The smallest absolute Gasteiger partial charge is 0.159 e. The van der Waals surface area contributed by atoms with Gasteiger partial charge in [0.1, 0.15) is 17.1 Å². The van der Waals surface area contributed by atoms with Crippen LogP contribution in [0, 0.1) is 5.92 Å². The van der Waals surface area contributed by atoms with Gasteiger partial charge in [0.25, 0.3) is 0 Å². The average Bonchev–Trinajstić information content (AvgIpc) is 3.96. The molecule has 0 saturated carbocycles. The molecule has 4 aliphatic rings. The predicted molar refractivity (Wildman–Crippen MR) is 230 cm³/mol. The molecule has 278 valence electrons. The summed E-state index contributed by atoms with van der Waals surface area (Å²) in [5.74, 6) is 2.65. The molecule has 5 unspecified atom stereocenters. The minimum Gasteiger partial charge on any atom is -0.461 e. The fraction of sp³-hybridized carbons (Fsp3) is 0.176. The van der Waals surface area contributed by atoms with Crippen LogP contribution < -0.4 is 20.7 Å². The summed E-state index contributed by atoms with van der Waals surface area (Å²) in [5, 5.41) is 16.5. The first-order valence-electron chi connectivity index (χ1n) is 20.4. The molecule has 8 aromatic rings. The predicted octanol–water partition coefficient (Wildman–Crippen LogP) is 11.5. The highest BCUT2D eigenvalue weighted by molar-refractivity contribution is 6.13. The van der Waals surface area contributed by atoms with Crippen LogP contribution in [0.2, 0.25) is 0 Å². The summed E-state index contributed by atoms with van der Waals surface area (Å²) in [5.41, 5.74) is 11.5. The first-order chi connectivity index (χ1) is 28.3. The third kappa shape index (κ3) is 5.29. The Morgan fingerprint density at radius 1 is 0.649 bits per heavy atom. The zero-order valence-electron chi connectivity index (χ0n) is 31.5. The van der Waals surface area contributed by atoms with Crippen molar-refractivity contribution in [1.82, 2.24) is 20.5 Å². The molecule has 2 aliphatic carbocycles. The Labute approximate surface area is 331 Å². The van der Waals surface area contributed by atoms with Gasteiger partial charge in [0.2, 0.25) is 0 Å². The summed E-state index contributed by atoms with van der Waals surface area (Å²) in [7, 11) is 0. The monoisotopic (exact) mass is 742 g/mol. The van der Waals surface area contributed by atoms with E-state index in [2.05, 4.69) is 178 Å². The van der Waals surface area contributed by atoms with Gasteiger partial charge >= 0.3 is 0 Å². The molecule has 12 rings (SSSR count). The Hall–Kier alpha value is -6.18. The van der Waals surface area contributed by atoms with Crippen LogP contribution in [0.1, 0.15) is 48.9 Å². The molecule has 6 nitrogen and oxygen atoms in total. The van der Waals surface area contributed by atoms with Crippen LogP contribution in [-0.4, -0.2) is 16.9 Å². The van der Waals surface area contributed by atoms with E-state index in [0.717, 1.165) is 64.8 Å². The lowest BCUT2D eigenvalue weighted by Crippen LogP contribution is -2.66. The highest BCUT2D eigenvalue weighted by Crippen LogP contribution is 2.52. The van der Waals surface area contributed by atoms with Gasteiger partial charge in [-0.1, -0.05) is 121 Å². The minimum absolute atomic E-state index is 0.0153. The first kappa shape index (κ1) is 33.0. The van der Waals surface area contributed by atoms with Crippen LogP contribution in [0.15, 0.2) is 174 Å². The number of ether oxygens (including phenoxy) is 1. The van der Waals surface area contributed by atoms with E-state index in [1.807, 2.05) is 0 Å². The second kappa shape index (κ2) is 13.2. The second-order valence-corrected chi connectivity index (χ2v) is 16.0. The standard InChI is InChI=1S/C51H42N4O2/c1-3-14-31(15-4-1)49-52-50(32-16-5-2-6-17-32)54-51(53-49)39-23-11-22-38-46-34(20-13-27-45(46)57-47(38)39)33-28-29-44-40(30-33)37-21-12-26-43(48(37)56-44)55-41-24-9-7-18-35(41)36-19-8-10-25-42(36)55/h1-10,12-16,18-21,24-30,32,38,49-54H,11,17,22-23H2. The van der Waals surface area contributed by atoms with Crippen LogP contribution in [0.3, 0.4) is 0 Å². The van der Waals surface area contributed by atoms with Gasteiger partial charge in [-0.2, -0.15) is 0 Å². The van der Waals surface area contributed by atoms with Gasteiger partial charge in [-0.3, -0.25) is 16.0 Å². The van der Waals surface area contributed by atoms with Crippen LogP contribution in [0.25, 0.3) is 60.6 Å². The zero-order chi connectivity index (χ0) is 37.5. The van der Waals surface area contributed by atoms with Crippen molar-refractivity contribution in [2.45, 2.75) is 50.1 Å². The van der Waals surface area contributed by atoms with E-state index in [9.17, 15) is 0 Å². The Bertz CT molecular complexity index is 2920. The van der Waals surface area contributed by atoms with Crippen LogP contribution >= 0.6 is 0 Å². The molecule has 6 heteroatoms. The molecule has 1 fully saturated rings. The fourth-order valence-electron chi connectivity index (χ4n) is 10.1. The number of rotatable bonds is 5. The van der Waals surface area contributed by atoms with Gasteiger partial charge in [0.15, 0.2) is 5.58 Å². The Morgan fingerprint density at radius 3 is 2.25 bits per heavy atom. The van der Waals surface area contributed by atoms with E-state index in [4.69, 9.17) is 9.15 Å². The molecule has 4 heterocycles. The van der Waals surface area contributed by atoms with Gasteiger partial charge in [0.05, 0.1) is 35.2 Å². The number of nitrogens with zero attached hydrogens (tertiary/aromatic N) is 1. The Morgan fingerprint density at radius 2 is 1.42 bits per heavy atom. The van der Waals surface area contributed by atoms with E-state index in [1.165, 1.54) is 49.6 Å². The van der Waals surface area contributed by atoms with Crippen molar-refractivity contribution in [1.29, 1.82) is 0 Å². The topological polar surface area (TPSA) is 63.4 Å². The summed E-state index contributed by atoms with van der Waals surface area (Å²) < 4.78 is 16.1. The maximum atomic E-state index is 6.96. The second-order valence-electron chi connectivity index (χ2n) is 16.0. The van der Waals surface area contributed by atoms with Gasteiger partial charge in [0, 0.05) is 44.5 Å². The van der Waals surface area contributed by atoms with E-state index in [-0.39, 0.29) is 24.4 Å². The number of furan rings is 1. The number of allylic oxidation sites excluding steroid dienone is 4. The van der Waals surface area contributed by atoms with E-state index >= 15 is 0 Å². The molecule has 6 aromatic carbocycles. The number of aromatic nitrogens is 1. The molecule has 2 aliphatic heterocycles. The molecular formula is C51H42N4O2.